The quantitative estimate of drug-likeness (QED) is 0.777. The molecule has 4 N–H and O–H groups in total. The predicted molar refractivity (Wildman–Crippen MR) is 67.9 cm³/mol. The van der Waals surface area contributed by atoms with E-state index >= 15 is 0 Å². The molecule has 0 aromatic carbocycles. The van der Waals surface area contributed by atoms with Gasteiger partial charge in [0.15, 0.2) is 0 Å². The Balaban J connectivity index is 2.07. The van der Waals surface area contributed by atoms with Crippen molar-refractivity contribution in [3.8, 4) is 0 Å². The van der Waals surface area contributed by atoms with E-state index in [-0.39, 0.29) is 11.9 Å². The highest BCUT2D eigenvalue weighted by Crippen LogP contribution is 2.23. The Morgan fingerprint density at radius 2 is 2.41 bits per heavy atom. The summed E-state index contributed by atoms with van der Waals surface area (Å²) in [6.07, 6.45) is 3.46. The first kappa shape index (κ1) is 11.7. The molecule has 0 spiro atoms. The number of H-pyrrole nitrogens is 1. The Labute approximate surface area is 103 Å². The zero-order valence-electron chi connectivity index (χ0n) is 9.65. The Morgan fingerprint density at radius 3 is 2.94 bits per heavy atom. The molecule has 0 aliphatic rings. The van der Waals surface area contributed by atoms with Gasteiger partial charge in [-0.05, 0) is 19.9 Å². The molecule has 90 valence electrons. The molecular formula is C11H14N4OS. The highest BCUT2D eigenvalue weighted by Gasteiger charge is 2.14. The van der Waals surface area contributed by atoms with Crippen LogP contribution >= 0.6 is 11.3 Å². The molecule has 0 radical (unpaired) electrons. The summed E-state index contributed by atoms with van der Waals surface area (Å²) in [5.74, 6) is -0.108. The van der Waals surface area contributed by atoms with Crippen molar-refractivity contribution in [2.75, 3.05) is 5.73 Å². The number of aromatic nitrogens is 2. The number of carbonyl (C=O) groups is 1. The number of carbonyl (C=O) groups excluding carboxylic acids is 1. The van der Waals surface area contributed by atoms with Gasteiger partial charge in [-0.2, -0.15) is 5.10 Å². The van der Waals surface area contributed by atoms with Crippen LogP contribution in [0, 0.1) is 6.92 Å². The first-order chi connectivity index (χ1) is 8.08. The topological polar surface area (TPSA) is 83.8 Å². The van der Waals surface area contributed by atoms with Crippen LogP contribution in [0.1, 0.15) is 33.1 Å². The summed E-state index contributed by atoms with van der Waals surface area (Å²) in [5.41, 5.74) is 7.33. The number of aryl methyl sites for hydroxylation is 1. The molecule has 1 amide bonds. The highest BCUT2D eigenvalue weighted by molar-refractivity contribution is 7.14. The van der Waals surface area contributed by atoms with E-state index in [1.54, 1.807) is 18.5 Å². The summed E-state index contributed by atoms with van der Waals surface area (Å²) in [6.45, 7) is 3.81. The predicted octanol–water partition coefficient (Wildman–Crippen LogP) is 1.85. The van der Waals surface area contributed by atoms with Gasteiger partial charge < -0.3 is 11.1 Å². The molecule has 0 saturated carbocycles. The van der Waals surface area contributed by atoms with Crippen molar-refractivity contribution in [3.63, 3.8) is 0 Å². The maximum Gasteiger partial charge on any atom is 0.261 e. The van der Waals surface area contributed by atoms with E-state index in [0.717, 1.165) is 10.4 Å². The molecular weight excluding hydrogens is 236 g/mol. The zero-order valence-corrected chi connectivity index (χ0v) is 10.5. The van der Waals surface area contributed by atoms with Gasteiger partial charge in [-0.3, -0.25) is 9.89 Å². The normalized spacial score (nSPS) is 12.4. The SMILES string of the molecule is Cc1sc(C(=O)NC(C)c2cn[nH]c2)cc1N. The van der Waals surface area contributed by atoms with Crippen LogP contribution in [0.15, 0.2) is 18.5 Å². The van der Waals surface area contributed by atoms with Crippen LogP contribution in [-0.2, 0) is 0 Å². The summed E-state index contributed by atoms with van der Waals surface area (Å²) in [4.78, 5) is 13.5. The second-order valence-electron chi connectivity index (χ2n) is 3.85. The van der Waals surface area contributed by atoms with Crippen LogP contribution < -0.4 is 11.1 Å². The molecule has 0 aliphatic carbocycles. The molecule has 1 unspecified atom stereocenters. The van der Waals surface area contributed by atoms with Crippen LogP contribution in [-0.4, -0.2) is 16.1 Å². The zero-order chi connectivity index (χ0) is 12.4. The van der Waals surface area contributed by atoms with Gasteiger partial charge in [-0.1, -0.05) is 0 Å². The lowest BCUT2D eigenvalue weighted by Crippen LogP contribution is -2.25. The molecule has 6 heteroatoms. The second kappa shape index (κ2) is 4.58. The minimum atomic E-state index is -0.108. The number of nitrogens with zero attached hydrogens (tertiary/aromatic N) is 1. The van der Waals surface area contributed by atoms with Crippen molar-refractivity contribution < 1.29 is 4.79 Å². The van der Waals surface area contributed by atoms with E-state index in [9.17, 15) is 4.79 Å². The fraction of sp³-hybridized carbons (Fsp3) is 0.273. The molecule has 0 fully saturated rings. The van der Waals surface area contributed by atoms with Crippen molar-refractivity contribution in [2.24, 2.45) is 0 Å². The largest absolute Gasteiger partial charge is 0.398 e. The molecule has 0 saturated heterocycles. The Morgan fingerprint density at radius 1 is 1.65 bits per heavy atom. The molecule has 5 nitrogen and oxygen atoms in total. The van der Waals surface area contributed by atoms with Crippen molar-refractivity contribution in [2.45, 2.75) is 19.9 Å². The molecule has 0 bridgehead atoms. The highest BCUT2D eigenvalue weighted by atomic mass is 32.1. The van der Waals surface area contributed by atoms with Gasteiger partial charge >= 0.3 is 0 Å². The maximum atomic E-state index is 11.9. The molecule has 2 aromatic heterocycles. The number of nitrogens with one attached hydrogen (secondary N) is 2. The fourth-order valence-electron chi connectivity index (χ4n) is 1.46. The van der Waals surface area contributed by atoms with E-state index in [4.69, 9.17) is 5.73 Å². The van der Waals surface area contributed by atoms with Crippen molar-refractivity contribution in [1.29, 1.82) is 0 Å². The van der Waals surface area contributed by atoms with Crippen molar-refractivity contribution >= 4 is 22.9 Å². The van der Waals surface area contributed by atoms with Crippen LogP contribution in [0.25, 0.3) is 0 Å². The third-order valence-electron chi connectivity index (χ3n) is 2.55. The van der Waals surface area contributed by atoms with Crippen LogP contribution in [0.5, 0.6) is 0 Å². The summed E-state index contributed by atoms with van der Waals surface area (Å²) < 4.78 is 0. The van der Waals surface area contributed by atoms with Gasteiger partial charge in [0.05, 0.1) is 17.1 Å². The van der Waals surface area contributed by atoms with Gasteiger partial charge in [0.25, 0.3) is 5.91 Å². The number of thiophene rings is 1. The molecule has 2 rings (SSSR count). The number of amides is 1. The lowest BCUT2D eigenvalue weighted by molar-refractivity contribution is 0.0944. The minimum absolute atomic E-state index is 0.0788. The maximum absolute atomic E-state index is 11.9. The van der Waals surface area contributed by atoms with E-state index in [0.29, 0.717) is 10.6 Å². The number of aromatic amines is 1. The monoisotopic (exact) mass is 250 g/mol. The second-order valence-corrected chi connectivity index (χ2v) is 5.11. The first-order valence-electron chi connectivity index (χ1n) is 5.23. The lowest BCUT2D eigenvalue weighted by Gasteiger charge is -2.10. The third-order valence-corrected chi connectivity index (χ3v) is 3.61. The molecule has 1 atom stereocenters. The number of rotatable bonds is 3. The Hall–Kier alpha value is -1.82. The Kier molecular flexibility index (Phi) is 3.14. The fourth-order valence-corrected chi connectivity index (χ4v) is 2.30. The number of hydrogen-bond acceptors (Lipinski definition) is 4. The third kappa shape index (κ3) is 2.47. The standard InChI is InChI=1S/C11H14N4OS/c1-6(8-4-13-14-5-8)15-11(16)10-3-9(12)7(2)17-10/h3-6H,12H2,1-2H3,(H,13,14)(H,15,16). The van der Waals surface area contributed by atoms with Gasteiger partial charge in [0.2, 0.25) is 0 Å². The van der Waals surface area contributed by atoms with Gasteiger partial charge in [-0.15, -0.1) is 11.3 Å². The van der Waals surface area contributed by atoms with Crippen LogP contribution in [0.4, 0.5) is 5.69 Å². The summed E-state index contributed by atoms with van der Waals surface area (Å²) in [7, 11) is 0. The van der Waals surface area contributed by atoms with Crippen molar-refractivity contribution in [3.05, 3.63) is 33.8 Å². The van der Waals surface area contributed by atoms with Gasteiger partial charge in [0, 0.05) is 22.3 Å². The summed E-state index contributed by atoms with van der Waals surface area (Å²) >= 11 is 1.40. The van der Waals surface area contributed by atoms with Gasteiger partial charge in [-0.25, -0.2) is 0 Å². The Bertz CT molecular complexity index is 498. The average Bonchev–Trinajstić information content (AvgIpc) is 2.89. The average molecular weight is 250 g/mol. The number of nitrogen functional groups attached to an aromatic ring is 1. The number of anilines is 1. The minimum Gasteiger partial charge on any atom is -0.398 e. The first-order valence-corrected chi connectivity index (χ1v) is 6.05. The van der Waals surface area contributed by atoms with Gasteiger partial charge in [0.1, 0.15) is 0 Å². The summed E-state index contributed by atoms with van der Waals surface area (Å²) in [6, 6.07) is 1.63. The number of nitrogens with two attached hydrogens (primary N) is 1. The van der Waals surface area contributed by atoms with E-state index in [1.807, 2.05) is 13.8 Å². The number of hydrogen-bond donors (Lipinski definition) is 3. The van der Waals surface area contributed by atoms with E-state index in [2.05, 4.69) is 15.5 Å². The lowest BCUT2D eigenvalue weighted by atomic mass is 10.2. The molecule has 0 aliphatic heterocycles. The smallest absolute Gasteiger partial charge is 0.261 e. The molecule has 2 aromatic rings. The van der Waals surface area contributed by atoms with E-state index < -0.39 is 0 Å². The molecule has 2 heterocycles. The molecule has 17 heavy (non-hydrogen) atoms. The van der Waals surface area contributed by atoms with Crippen LogP contribution in [0.2, 0.25) is 0 Å². The van der Waals surface area contributed by atoms with Crippen molar-refractivity contribution in [1.82, 2.24) is 15.5 Å². The van der Waals surface area contributed by atoms with Crippen LogP contribution in [0.3, 0.4) is 0 Å². The van der Waals surface area contributed by atoms with E-state index in [1.165, 1.54) is 11.3 Å². The summed E-state index contributed by atoms with van der Waals surface area (Å²) in [5, 5.41) is 9.46.